The van der Waals surface area contributed by atoms with Gasteiger partial charge in [-0.2, -0.15) is 0 Å². The molecule has 3 rings (SSSR count). The van der Waals surface area contributed by atoms with Crippen molar-refractivity contribution >= 4 is 23.3 Å². The molecule has 2 aliphatic heterocycles. The maximum Gasteiger partial charge on any atom is 0.321 e. The van der Waals surface area contributed by atoms with Gasteiger partial charge in [0.2, 0.25) is 5.91 Å². The van der Waals surface area contributed by atoms with Gasteiger partial charge in [-0.05, 0) is 57.0 Å². The molecule has 1 aromatic rings. The lowest BCUT2D eigenvalue weighted by Gasteiger charge is -2.36. The molecule has 1 aromatic carbocycles. The second-order valence-corrected chi connectivity index (χ2v) is 7.02. The molecule has 2 fully saturated rings. The molecular weight excluding hydrogens is 316 g/mol. The van der Waals surface area contributed by atoms with Gasteiger partial charge in [0.05, 0.1) is 0 Å². The standard InChI is InChI=1S/C19H28N4O2/c1-15(24)21(2)18-7-5-6-16(14-18)20-19(25)23-12-8-17(9-13-23)22-10-3-4-11-22/h5-7,14,17H,3-4,8-13H2,1-2H3,(H,20,25). The topological polar surface area (TPSA) is 55.9 Å². The minimum Gasteiger partial charge on any atom is -0.324 e. The van der Waals surface area contributed by atoms with Crippen molar-refractivity contribution in [3.63, 3.8) is 0 Å². The van der Waals surface area contributed by atoms with E-state index < -0.39 is 0 Å². The molecule has 6 nitrogen and oxygen atoms in total. The Morgan fingerprint density at radius 1 is 1.12 bits per heavy atom. The summed E-state index contributed by atoms with van der Waals surface area (Å²) in [5.41, 5.74) is 1.50. The lowest BCUT2D eigenvalue weighted by atomic mass is 10.0. The minimum absolute atomic E-state index is 0.0348. The van der Waals surface area contributed by atoms with Gasteiger partial charge in [0.1, 0.15) is 0 Å². The van der Waals surface area contributed by atoms with Crippen LogP contribution in [0.2, 0.25) is 0 Å². The fourth-order valence-corrected chi connectivity index (χ4v) is 3.72. The maximum atomic E-state index is 12.5. The second-order valence-electron chi connectivity index (χ2n) is 7.02. The van der Waals surface area contributed by atoms with Crippen LogP contribution in [0.25, 0.3) is 0 Å². The van der Waals surface area contributed by atoms with Gasteiger partial charge in [0.25, 0.3) is 0 Å². The first-order valence-electron chi connectivity index (χ1n) is 9.19. The highest BCUT2D eigenvalue weighted by Crippen LogP contribution is 2.23. The van der Waals surface area contributed by atoms with Crippen LogP contribution in [0.15, 0.2) is 24.3 Å². The van der Waals surface area contributed by atoms with E-state index in [1.165, 1.54) is 32.9 Å². The van der Waals surface area contributed by atoms with E-state index in [1.54, 1.807) is 11.9 Å². The summed E-state index contributed by atoms with van der Waals surface area (Å²) in [7, 11) is 1.73. The van der Waals surface area contributed by atoms with Crippen molar-refractivity contribution in [3.8, 4) is 0 Å². The minimum atomic E-state index is -0.0532. The van der Waals surface area contributed by atoms with Gasteiger partial charge < -0.3 is 20.0 Å². The molecule has 0 spiro atoms. The summed E-state index contributed by atoms with van der Waals surface area (Å²) >= 11 is 0. The molecular formula is C19H28N4O2. The highest BCUT2D eigenvalue weighted by atomic mass is 16.2. The molecule has 0 atom stereocenters. The van der Waals surface area contributed by atoms with Gasteiger partial charge in [-0.3, -0.25) is 4.79 Å². The zero-order valence-corrected chi connectivity index (χ0v) is 15.2. The lowest BCUT2D eigenvalue weighted by molar-refractivity contribution is -0.116. The summed E-state index contributed by atoms with van der Waals surface area (Å²) in [6.07, 6.45) is 4.73. The normalized spacial score (nSPS) is 19.0. The Morgan fingerprint density at radius 2 is 1.80 bits per heavy atom. The number of urea groups is 1. The molecule has 0 bridgehead atoms. The Bertz CT molecular complexity index is 620. The first-order valence-corrected chi connectivity index (χ1v) is 9.19. The zero-order valence-electron chi connectivity index (χ0n) is 15.2. The molecule has 2 heterocycles. The van der Waals surface area contributed by atoms with Crippen LogP contribution in [-0.4, -0.2) is 61.0 Å². The fraction of sp³-hybridized carbons (Fsp3) is 0.579. The quantitative estimate of drug-likeness (QED) is 0.917. The van der Waals surface area contributed by atoms with Crippen molar-refractivity contribution in [1.29, 1.82) is 0 Å². The van der Waals surface area contributed by atoms with Crippen LogP contribution >= 0.6 is 0 Å². The highest BCUT2D eigenvalue weighted by molar-refractivity contribution is 5.93. The molecule has 3 amide bonds. The number of anilines is 2. The molecule has 25 heavy (non-hydrogen) atoms. The molecule has 6 heteroatoms. The monoisotopic (exact) mass is 344 g/mol. The number of benzene rings is 1. The Kier molecular flexibility index (Phi) is 5.58. The molecule has 0 saturated carbocycles. The van der Waals surface area contributed by atoms with Gasteiger partial charge in [0, 0.05) is 44.5 Å². The summed E-state index contributed by atoms with van der Waals surface area (Å²) in [6.45, 7) is 5.57. The summed E-state index contributed by atoms with van der Waals surface area (Å²) in [6, 6.07) is 7.98. The summed E-state index contributed by atoms with van der Waals surface area (Å²) in [5, 5.41) is 2.97. The van der Waals surface area contributed by atoms with Crippen LogP contribution in [0.1, 0.15) is 32.6 Å². The summed E-state index contributed by atoms with van der Waals surface area (Å²) < 4.78 is 0. The third-order valence-corrected chi connectivity index (χ3v) is 5.37. The smallest absolute Gasteiger partial charge is 0.321 e. The van der Waals surface area contributed by atoms with Crippen molar-refractivity contribution < 1.29 is 9.59 Å². The van der Waals surface area contributed by atoms with Crippen LogP contribution in [0.4, 0.5) is 16.2 Å². The SMILES string of the molecule is CC(=O)N(C)c1cccc(NC(=O)N2CCC(N3CCCC3)CC2)c1. The van der Waals surface area contributed by atoms with Crippen molar-refractivity contribution in [2.45, 2.75) is 38.6 Å². The molecule has 0 radical (unpaired) electrons. The Hall–Kier alpha value is -2.08. The van der Waals surface area contributed by atoms with Crippen LogP contribution in [0.3, 0.4) is 0 Å². The molecule has 1 N–H and O–H groups in total. The van der Waals surface area contributed by atoms with Gasteiger partial charge in [-0.15, -0.1) is 0 Å². The van der Waals surface area contributed by atoms with Gasteiger partial charge >= 0.3 is 6.03 Å². The molecule has 0 unspecified atom stereocenters. The molecule has 0 aromatic heterocycles. The van der Waals surface area contributed by atoms with E-state index in [-0.39, 0.29) is 11.9 Å². The van der Waals surface area contributed by atoms with E-state index in [2.05, 4.69) is 10.2 Å². The number of likely N-dealkylation sites (tertiary alicyclic amines) is 2. The molecule has 2 saturated heterocycles. The number of piperidine rings is 1. The Balaban J connectivity index is 1.54. The van der Waals surface area contributed by atoms with E-state index in [4.69, 9.17) is 0 Å². The van der Waals surface area contributed by atoms with Crippen molar-refractivity contribution in [2.24, 2.45) is 0 Å². The predicted octanol–water partition coefficient (Wildman–Crippen LogP) is 2.76. The third kappa shape index (κ3) is 4.31. The Morgan fingerprint density at radius 3 is 2.44 bits per heavy atom. The average Bonchev–Trinajstić information content (AvgIpc) is 3.16. The number of hydrogen-bond acceptors (Lipinski definition) is 3. The number of carbonyl (C=O) groups excluding carboxylic acids is 2. The van der Waals surface area contributed by atoms with E-state index in [1.807, 2.05) is 29.2 Å². The average molecular weight is 344 g/mol. The highest BCUT2D eigenvalue weighted by Gasteiger charge is 2.28. The molecule has 0 aliphatic carbocycles. The number of nitrogens with one attached hydrogen (secondary N) is 1. The summed E-state index contributed by atoms with van der Waals surface area (Å²) in [4.78, 5) is 30.1. The number of carbonyl (C=O) groups is 2. The predicted molar refractivity (Wildman–Crippen MR) is 99.9 cm³/mol. The number of rotatable bonds is 3. The van der Waals surface area contributed by atoms with Crippen LogP contribution in [0, 0.1) is 0 Å². The van der Waals surface area contributed by atoms with Gasteiger partial charge in [-0.1, -0.05) is 6.07 Å². The lowest BCUT2D eigenvalue weighted by Crippen LogP contribution is -2.47. The van der Waals surface area contributed by atoms with E-state index >= 15 is 0 Å². The first kappa shape index (κ1) is 17.7. The van der Waals surface area contributed by atoms with E-state index in [0.29, 0.717) is 6.04 Å². The first-order chi connectivity index (χ1) is 12.0. The zero-order chi connectivity index (χ0) is 17.8. The Labute approximate surface area is 149 Å². The van der Waals surface area contributed by atoms with Crippen LogP contribution in [-0.2, 0) is 4.79 Å². The maximum absolute atomic E-state index is 12.5. The van der Waals surface area contributed by atoms with Crippen molar-refractivity contribution in [2.75, 3.05) is 43.4 Å². The van der Waals surface area contributed by atoms with Crippen molar-refractivity contribution in [1.82, 2.24) is 9.80 Å². The largest absolute Gasteiger partial charge is 0.324 e. The van der Waals surface area contributed by atoms with Crippen LogP contribution < -0.4 is 10.2 Å². The third-order valence-electron chi connectivity index (χ3n) is 5.37. The van der Waals surface area contributed by atoms with E-state index in [9.17, 15) is 9.59 Å². The number of amides is 3. The molecule has 2 aliphatic rings. The molecule has 136 valence electrons. The summed E-state index contributed by atoms with van der Waals surface area (Å²) in [5.74, 6) is -0.0348. The second kappa shape index (κ2) is 7.87. The van der Waals surface area contributed by atoms with Gasteiger partial charge in [0.15, 0.2) is 0 Å². The number of nitrogens with zero attached hydrogens (tertiary/aromatic N) is 3. The number of hydrogen-bond donors (Lipinski definition) is 1. The van der Waals surface area contributed by atoms with E-state index in [0.717, 1.165) is 37.3 Å². The van der Waals surface area contributed by atoms with Gasteiger partial charge in [-0.25, -0.2) is 4.79 Å². The fourth-order valence-electron chi connectivity index (χ4n) is 3.72. The van der Waals surface area contributed by atoms with Crippen LogP contribution in [0.5, 0.6) is 0 Å². The van der Waals surface area contributed by atoms with Crippen molar-refractivity contribution in [3.05, 3.63) is 24.3 Å².